The zero-order valence-corrected chi connectivity index (χ0v) is 17.5. The number of nitrogens with one attached hydrogen (secondary N) is 2. The molecule has 3 rings (SSSR count). The lowest BCUT2D eigenvalue weighted by atomic mass is 10.1. The molecule has 0 aliphatic rings. The molecule has 6 heteroatoms. The Balaban J connectivity index is 1.71. The van der Waals surface area contributed by atoms with Gasteiger partial charge in [0.15, 0.2) is 5.11 Å². The molecule has 1 aromatic heterocycles. The van der Waals surface area contributed by atoms with Gasteiger partial charge in [-0.2, -0.15) is 0 Å². The molecule has 0 aliphatic carbocycles. The first-order valence-corrected chi connectivity index (χ1v) is 10.3. The standard InChI is InChI=1S/C23H27N3O2S/c1-17-7-5-10-19-15-20(22(28)25-21(17)19)16-26(13-6-14-27)23(29)24-12-11-18-8-3-2-4-9-18/h2-5,7-10,15,27H,6,11-14,16H2,1H3,(H,24,29)(H,25,28). The Morgan fingerprint density at radius 1 is 1.17 bits per heavy atom. The van der Waals surface area contributed by atoms with E-state index >= 15 is 0 Å². The Morgan fingerprint density at radius 3 is 2.72 bits per heavy atom. The molecule has 0 amide bonds. The number of hydrogen-bond donors (Lipinski definition) is 3. The maximum Gasteiger partial charge on any atom is 0.253 e. The van der Waals surface area contributed by atoms with Gasteiger partial charge in [-0.3, -0.25) is 4.79 Å². The van der Waals surface area contributed by atoms with Crippen LogP contribution >= 0.6 is 12.2 Å². The number of fused-ring (bicyclic) bond motifs is 1. The van der Waals surface area contributed by atoms with Crippen molar-refractivity contribution in [2.45, 2.75) is 26.3 Å². The maximum atomic E-state index is 12.6. The number of pyridine rings is 1. The molecule has 0 atom stereocenters. The molecule has 3 N–H and O–H groups in total. The van der Waals surface area contributed by atoms with E-state index in [0.29, 0.717) is 36.7 Å². The van der Waals surface area contributed by atoms with Crippen LogP contribution in [0.15, 0.2) is 59.4 Å². The molecular weight excluding hydrogens is 382 g/mol. The fourth-order valence-corrected chi connectivity index (χ4v) is 3.59. The third kappa shape index (κ3) is 5.65. The van der Waals surface area contributed by atoms with E-state index in [4.69, 9.17) is 12.2 Å². The number of hydrogen-bond acceptors (Lipinski definition) is 3. The zero-order chi connectivity index (χ0) is 20.6. The molecule has 5 nitrogen and oxygen atoms in total. The van der Waals surface area contributed by atoms with Gasteiger partial charge >= 0.3 is 0 Å². The Labute approximate surface area is 176 Å². The summed E-state index contributed by atoms with van der Waals surface area (Å²) in [4.78, 5) is 17.6. The Kier molecular flexibility index (Phi) is 7.38. The SMILES string of the molecule is Cc1cccc2cc(CN(CCCO)C(=S)NCCc3ccccc3)c(=O)[nH]c12. The number of para-hydroxylation sites is 1. The van der Waals surface area contributed by atoms with Gasteiger partial charge in [0.25, 0.3) is 5.56 Å². The number of rotatable bonds is 8. The van der Waals surface area contributed by atoms with Crippen molar-refractivity contribution >= 4 is 28.2 Å². The second-order valence-corrected chi connectivity index (χ2v) is 7.52. The van der Waals surface area contributed by atoms with E-state index < -0.39 is 0 Å². The molecule has 0 fully saturated rings. The van der Waals surface area contributed by atoms with Crippen LogP contribution in [-0.2, 0) is 13.0 Å². The summed E-state index contributed by atoms with van der Waals surface area (Å²) in [6.45, 7) is 3.76. The summed E-state index contributed by atoms with van der Waals surface area (Å²) in [5.41, 5.74) is 3.71. The average Bonchev–Trinajstić information content (AvgIpc) is 2.73. The molecule has 0 radical (unpaired) electrons. The summed E-state index contributed by atoms with van der Waals surface area (Å²) < 4.78 is 0. The highest BCUT2D eigenvalue weighted by Gasteiger charge is 2.13. The quantitative estimate of drug-likeness (QED) is 0.499. The van der Waals surface area contributed by atoms with Crippen molar-refractivity contribution in [1.82, 2.24) is 15.2 Å². The lowest BCUT2D eigenvalue weighted by molar-refractivity contribution is 0.264. The van der Waals surface area contributed by atoms with Crippen LogP contribution in [0.3, 0.4) is 0 Å². The zero-order valence-electron chi connectivity index (χ0n) is 16.6. The fraction of sp³-hybridized carbons (Fsp3) is 0.304. The minimum absolute atomic E-state index is 0.0798. The number of aliphatic hydroxyl groups excluding tert-OH is 1. The summed E-state index contributed by atoms with van der Waals surface area (Å²) in [7, 11) is 0. The normalized spacial score (nSPS) is 10.8. The second-order valence-electron chi connectivity index (χ2n) is 7.13. The minimum Gasteiger partial charge on any atom is -0.396 e. The molecule has 0 saturated carbocycles. The first kappa shape index (κ1) is 21.0. The molecule has 3 aromatic rings. The number of aliphatic hydroxyl groups is 1. The lowest BCUT2D eigenvalue weighted by Crippen LogP contribution is -2.41. The molecule has 0 spiro atoms. The van der Waals surface area contributed by atoms with Crippen molar-refractivity contribution in [3.05, 3.63) is 81.6 Å². The van der Waals surface area contributed by atoms with Crippen LogP contribution < -0.4 is 10.9 Å². The first-order valence-electron chi connectivity index (χ1n) is 9.87. The predicted octanol–water partition coefficient (Wildman–Crippen LogP) is 3.14. The highest BCUT2D eigenvalue weighted by atomic mass is 32.1. The van der Waals surface area contributed by atoms with Crippen molar-refractivity contribution in [3.8, 4) is 0 Å². The van der Waals surface area contributed by atoms with E-state index in [-0.39, 0.29) is 12.2 Å². The van der Waals surface area contributed by atoms with Crippen molar-refractivity contribution in [3.63, 3.8) is 0 Å². The van der Waals surface area contributed by atoms with Crippen LogP contribution in [0, 0.1) is 6.92 Å². The lowest BCUT2D eigenvalue weighted by Gasteiger charge is -2.25. The molecule has 0 aliphatic heterocycles. The Hall–Kier alpha value is -2.70. The van der Waals surface area contributed by atoms with Crippen molar-refractivity contribution < 1.29 is 5.11 Å². The second kappa shape index (κ2) is 10.2. The number of thiocarbonyl (C=S) groups is 1. The van der Waals surface area contributed by atoms with Crippen LogP contribution in [0.5, 0.6) is 0 Å². The molecule has 2 aromatic carbocycles. The number of H-pyrrole nitrogens is 1. The molecule has 0 saturated heterocycles. The van der Waals surface area contributed by atoms with E-state index in [1.54, 1.807) is 0 Å². The van der Waals surface area contributed by atoms with Crippen LogP contribution in [-0.4, -0.2) is 39.8 Å². The summed E-state index contributed by atoms with van der Waals surface area (Å²) >= 11 is 5.58. The largest absolute Gasteiger partial charge is 0.396 e. The van der Waals surface area contributed by atoms with E-state index in [1.165, 1.54) is 5.56 Å². The number of aromatic nitrogens is 1. The van der Waals surface area contributed by atoms with Crippen LogP contribution in [0.4, 0.5) is 0 Å². The summed E-state index contributed by atoms with van der Waals surface area (Å²) in [5, 5.41) is 14.1. The third-order valence-electron chi connectivity index (χ3n) is 4.93. The molecular formula is C23H27N3O2S. The van der Waals surface area contributed by atoms with Crippen LogP contribution in [0.25, 0.3) is 10.9 Å². The number of nitrogens with zero attached hydrogens (tertiary/aromatic N) is 1. The predicted molar refractivity (Wildman–Crippen MR) is 122 cm³/mol. The molecule has 1 heterocycles. The average molecular weight is 410 g/mol. The Morgan fingerprint density at radius 2 is 1.97 bits per heavy atom. The van der Waals surface area contributed by atoms with Crippen molar-refractivity contribution in [2.24, 2.45) is 0 Å². The van der Waals surface area contributed by atoms with E-state index in [1.807, 2.05) is 54.3 Å². The highest BCUT2D eigenvalue weighted by Crippen LogP contribution is 2.16. The Bertz CT molecular complexity index is 1020. The molecule has 152 valence electrons. The molecule has 29 heavy (non-hydrogen) atoms. The van der Waals surface area contributed by atoms with Crippen molar-refractivity contribution in [2.75, 3.05) is 19.7 Å². The van der Waals surface area contributed by atoms with Crippen molar-refractivity contribution in [1.29, 1.82) is 0 Å². The van der Waals surface area contributed by atoms with Gasteiger partial charge in [-0.25, -0.2) is 0 Å². The molecule has 0 unspecified atom stereocenters. The molecule has 0 bridgehead atoms. The smallest absolute Gasteiger partial charge is 0.253 e. The van der Waals surface area contributed by atoms with E-state index in [2.05, 4.69) is 22.4 Å². The van der Waals surface area contributed by atoms with Gasteiger partial charge in [-0.1, -0.05) is 48.5 Å². The van der Waals surface area contributed by atoms with Gasteiger partial charge in [-0.05, 0) is 54.6 Å². The van der Waals surface area contributed by atoms with Gasteiger partial charge in [0.2, 0.25) is 0 Å². The van der Waals surface area contributed by atoms with Gasteiger partial charge in [0.1, 0.15) is 0 Å². The minimum atomic E-state index is -0.104. The topological polar surface area (TPSA) is 68.4 Å². The summed E-state index contributed by atoms with van der Waals surface area (Å²) in [5.74, 6) is 0. The summed E-state index contributed by atoms with van der Waals surface area (Å²) in [6, 6.07) is 18.1. The number of benzene rings is 2. The van der Waals surface area contributed by atoms with Gasteiger partial charge in [-0.15, -0.1) is 0 Å². The number of aryl methyl sites for hydroxylation is 1. The van der Waals surface area contributed by atoms with Gasteiger partial charge < -0.3 is 20.3 Å². The monoisotopic (exact) mass is 409 g/mol. The maximum absolute atomic E-state index is 12.6. The van der Waals surface area contributed by atoms with Crippen LogP contribution in [0.2, 0.25) is 0 Å². The van der Waals surface area contributed by atoms with E-state index in [0.717, 1.165) is 22.9 Å². The van der Waals surface area contributed by atoms with Gasteiger partial charge in [0.05, 0.1) is 12.1 Å². The van der Waals surface area contributed by atoms with Gasteiger partial charge in [0, 0.05) is 25.3 Å². The first-order chi connectivity index (χ1) is 14.1. The summed E-state index contributed by atoms with van der Waals surface area (Å²) in [6.07, 6.45) is 1.45. The number of aromatic amines is 1. The fourth-order valence-electron chi connectivity index (χ4n) is 3.34. The van der Waals surface area contributed by atoms with Crippen LogP contribution in [0.1, 0.15) is 23.1 Å². The highest BCUT2D eigenvalue weighted by molar-refractivity contribution is 7.80. The third-order valence-corrected chi connectivity index (χ3v) is 5.33. The van der Waals surface area contributed by atoms with E-state index in [9.17, 15) is 9.90 Å².